The quantitative estimate of drug-likeness (QED) is 0.919. The lowest BCUT2D eigenvalue weighted by Crippen LogP contribution is -2.45. The van der Waals surface area contributed by atoms with E-state index in [4.69, 9.17) is 0 Å². The fraction of sp³-hybridized carbons (Fsp3) is 0.571. The van der Waals surface area contributed by atoms with E-state index in [1.807, 2.05) is 13.0 Å². The van der Waals surface area contributed by atoms with Crippen LogP contribution in [0.5, 0.6) is 5.75 Å². The van der Waals surface area contributed by atoms with E-state index in [0.717, 1.165) is 38.2 Å². The van der Waals surface area contributed by atoms with Crippen molar-refractivity contribution < 1.29 is 17.9 Å². The fourth-order valence-corrected chi connectivity index (χ4v) is 2.62. The Hall–Kier alpha value is -0.980. The number of alkyl halides is 3. The van der Waals surface area contributed by atoms with Crippen LogP contribution in [0.4, 0.5) is 13.2 Å². The van der Waals surface area contributed by atoms with E-state index in [0.29, 0.717) is 0 Å². The topological polar surface area (TPSA) is 24.5 Å². The Kier molecular flexibility index (Phi) is 6.77. The van der Waals surface area contributed by atoms with Crippen LogP contribution in [0.3, 0.4) is 0 Å². The number of piperazine rings is 1. The fourth-order valence-electron chi connectivity index (χ4n) is 2.62. The minimum atomic E-state index is -4.64. The summed E-state index contributed by atoms with van der Waals surface area (Å²) >= 11 is 0. The minimum Gasteiger partial charge on any atom is -0.406 e. The van der Waals surface area contributed by atoms with Crippen LogP contribution in [0.25, 0.3) is 0 Å². The van der Waals surface area contributed by atoms with Crippen molar-refractivity contribution in [2.24, 2.45) is 0 Å². The molecule has 1 aliphatic rings. The first kappa shape index (κ1) is 18.1. The summed E-state index contributed by atoms with van der Waals surface area (Å²) in [4.78, 5) is 2.29. The summed E-state index contributed by atoms with van der Waals surface area (Å²) in [7, 11) is 0. The van der Waals surface area contributed by atoms with Gasteiger partial charge in [0.15, 0.2) is 0 Å². The number of halogens is 4. The molecule has 0 amide bonds. The molecule has 1 atom stereocenters. The zero-order valence-corrected chi connectivity index (χ0v) is 12.6. The molecule has 0 aliphatic carbocycles. The lowest BCUT2D eigenvalue weighted by molar-refractivity contribution is -0.274. The summed E-state index contributed by atoms with van der Waals surface area (Å²) in [5.74, 6) is -0.149. The molecule has 0 unspecified atom stereocenters. The van der Waals surface area contributed by atoms with Gasteiger partial charge in [0.2, 0.25) is 0 Å². The van der Waals surface area contributed by atoms with Gasteiger partial charge in [0.05, 0.1) is 0 Å². The van der Waals surface area contributed by atoms with Gasteiger partial charge in [0.1, 0.15) is 5.75 Å². The van der Waals surface area contributed by atoms with E-state index in [9.17, 15) is 13.2 Å². The largest absolute Gasteiger partial charge is 0.573 e. The average Bonchev–Trinajstić information content (AvgIpc) is 2.39. The molecule has 7 heteroatoms. The first-order chi connectivity index (χ1) is 9.49. The second kappa shape index (κ2) is 7.87. The van der Waals surface area contributed by atoms with Gasteiger partial charge in [-0.2, -0.15) is 0 Å². The van der Waals surface area contributed by atoms with Gasteiger partial charge in [-0.25, -0.2) is 0 Å². The Balaban J connectivity index is 0.00000220. The standard InChI is InChI=1S/C14H19F3N2O.ClH/c1-2-13(19-8-6-18-7-9-19)11-4-3-5-12(10-11)20-14(15,16)17;/h3-5,10,13,18H,2,6-9H2,1H3;1H/t13-;/m1./s1. The highest BCUT2D eigenvalue weighted by Gasteiger charge is 2.31. The number of ether oxygens (including phenoxy) is 1. The first-order valence-corrected chi connectivity index (χ1v) is 6.80. The van der Waals surface area contributed by atoms with Crippen molar-refractivity contribution in [1.82, 2.24) is 10.2 Å². The molecule has 1 aromatic rings. The molecule has 1 aromatic carbocycles. The van der Waals surface area contributed by atoms with E-state index in [2.05, 4.69) is 15.0 Å². The molecule has 0 radical (unpaired) electrons. The second-order valence-corrected chi connectivity index (χ2v) is 4.83. The number of benzene rings is 1. The minimum absolute atomic E-state index is 0. The highest BCUT2D eigenvalue weighted by Crippen LogP contribution is 2.29. The van der Waals surface area contributed by atoms with Gasteiger partial charge in [-0.1, -0.05) is 19.1 Å². The normalized spacial score (nSPS) is 17.9. The molecule has 0 bridgehead atoms. The van der Waals surface area contributed by atoms with E-state index >= 15 is 0 Å². The van der Waals surface area contributed by atoms with Crippen molar-refractivity contribution in [1.29, 1.82) is 0 Å². The van der Waals surface area contributed by atoms with Crippen molar-refractivity contribution in [3.8, 4) is 5.75 Å². The third-order valence-corrected chi connectivity index (χ3v) is 3.46. The van der Waals surface area contributed by atoms with Crippen LogP contribution in [0, 0.1) is 0 Å². The lowest BCUT2D eigenvalue weighted by Gasteiger charge is -2.34. The van der Waals surface area contributed by atoms with Crippen molar-refractivity contribution >= 4 is 12.4 Å². The molecule has 1 fully saturated rings. The maximum Gasteiger partial charge on any atom is 0.573 e. The Bertz CT molecular complexity index is 436. The Morgan fingerprint density at radius 3 is 2.52 bits per heavy atom. The molecule has 120 valence electrons. The zero-order valence-electron chi connectivity index (χ0n) is 11.8. The summed E-state index contributed by atoms with van der Waals surface area (Å²) in [6, 6.07) is 6.43. The number of nitrogens with one attached hydrogen (secondary N) is 1. The van der Waals surface area contributed by atoms with Crippen molar-refractivity contribution in [3.05, 3.63) is 29.8 Å². The molecule has 1 aliphatic heterocycles. The van der Waals surface area contributed by atoms with Crippen molar-refractivity contribution in [2.45, 2.75) is 25.7 Å². The third kappa shape index (κ3) is 5.37. The van der Waals surface area contributed by atoms with E-state index in [1.165, 1.54) is 12.1 Å². The van der Waals surface area contributed by atoms with Crippen LogP contribution in [0.2, 0.25) is 0 Å². The Morgan fingerprint density at radius 2 is 1.95 bits per heavy atom. The summed E-state index contributed by atoms with van der Waals surface area (Å²) < 4.78 is 40.8. The van der Waals surface area contributed by atoms with Gasteiger partial charge >= 0.3 is 6.36 Å². The molecule has 1 heterocycles. The van der Waals surface area contributed by atoms with Crippen LogP contribution >= 0.6 is 12.4 Å². The van der Waals surface area contributed by atoms with Crippen LogP contribution in [0.1, 0.15) is 24.9 Å². The molecular weight excluding hydrogens is 305 g/mol. The van der Waals surface area contributed by atoms with E-state index in [-0.39, 0.29) is 24.2 Å². The van der Waals surface area contributed by atoms with Crippen molar-refractivity contribution in [2.75, 3.05) is 26.2 Å². The van der Waals surface area contributed by atoms with Crippen LogP contribution < -0.4 is 10.1 Å². The molecule has 2 rings (SSSR count). The molecule has 0 saturated carbocycles. The van der Waals surface area contributed by atoms with Crippen LogP contribution in [-0.4, -0.2) is 37.4 Å². The Morgan fingerprint density at radius 1 is 1.29 bits per heavy atom. The van der Waals surface area contributed by atoms with Crippen molar-refractivity contribution in [3.63, 3.8) is 0 Å². The monoisotopic (exact) mass is 324 g/mol. The van der Waals surface area contributed by atoms with Gasteiger partial charge in [0.25, 0.3) is 0 Å². The molecule has 0 spiro atoms. The number of rotatable bonds is 4. The summed E-state index contributed by atoms with van der Waals surface area (Å²) in [6.07, 6.45) is -3.79. The number of hydrogen-bond donors (Lipinski definition) is 1. The molecule has 21 heavy (non-hydrogen) atoms. The molecule has 0 aromatic heterocycles. The molecule has 3 nitrogen and oxygen atoms in total. The van der Waals surface area contributed by atoms with E-state index in [1.54, 1.807) is 6.07 Å². The predicted molar refractivity (Wildman–Crippen MR) is 77.8 cm³/mol. The summed E-state index contributed by atoms with van der Waals surface area (Å²) in [6.45, 7) is 5.68. The van der Waals surface area contributed by atoms with Gasteiger partial charge < -0.3 is 10.1 Å². The molecule has 1 N–H and O–H groups in total. The predicted octanol–water partition coefficient (Wildman–Crippen LogP) is 3.36. The third-order valence-electron chi connectivity index (χ3n) is 3.46. The maximum absolute atomic E-state index is 12.3. The maximum atomic E-state index is 12.3. The Labute approximate surface area is 128 Å². The summed E-state index contributed by atoms with van der Waals surface area (Å²) in [5.41, 5.74) is 0.871. The first-order valence-electron chi connectivity index (χ1n) is 6.80. The van der Waals surface area contributed by atoms with Gasteiger partial charge in [-0.05, 0) is 24.1 Å². The number of hydrogen-bond acceptors (Lipinski definition) is 3. The highest BCUT2D eigenvalue weighted by atomic mass is 35.5. The SMILES string of the molecule is CC[C@H](c1cccc(OC(F)(F)F)c1)N1CCNCC1.Cl. The van der Waals surface area contributed by atoms with Gasteiger partial charge in [-0.15, -0.1) is 25.6 Å². The lowest BCUT2D eigenvalue weighted by atomic mass is 10.0. The molecule has 1 saturated heterocycles. The van der Waals surface area contributed by atoms with Gasteiger partial charge in [0, 0.05) is 32.2 Å². The highest BCUT2D eigenvalue weighted by molar-refractivity contribution is 5.85. The zero-order chi connectivity index (χ0) is 14.6. The second-order valence-electron chi connectivity index (χ2n) is 4.83. The number of nitrogens with zero attached hydrogens (tertiary/aromatic N) is 1. The van der Waals surface area contributed by atoms with Crippen LogP contribution in [-0.2, 0) is 0 Å². The average molecular weight is 325 g/mol. The molecular formula is C14H20ClF3N2O. The van der Waals surface area contributed by atoms with Gasteiger partial charge in [-0.3, -0.25) is 4.90 Å². The van der Waals surface area contributed by atoms with E-state index < -0.39 is 6.36 Å². The van der Waals surface area contributed by atoms with Crippen LogP contribution in [0.15, 0.2) is 24.3 Å². The summed E-state index contributed by atoms with van der Waals surface area (Å²) in [5, 5.41) is 3.27. The smallest absolute Gasteiger partial charge is 0.406 e.